The topological polar surface area (TPSA) is 52.6 Å². The van der Waals surface area contributed by atoms with Gasteiger partial charge in [0, 0.05) is 41.2 Å². The first-order valence-electron chi connectivity index (χ1n) is 7.82. The number of hydrogen-bond donors (Lipinski definition) is 1. The van der Waals surface area contributed by atoms with Crippen LogP contribution >= 0.6 is 11.6 Å². The molecule has 1 N–H and O–H groups in total. The third-order valence-corrected chi connectivity index (χ3v) is 3.91. The molecule has 1 heterocycles. The molecule has 3 aromatic rings. The van der Waals surface area contributed by atoms with Crippen molar-refractivity contribution in [3.05, 3.63) is 53.7 Å². The molecule has 130 valence electrons. The zero-order valence-electron chi connectivity index (χ0n) is 14.1. The van der Waals surface area contributed by atoms with E-state index in [0.29, 0.717) is 29.7 Å². The molecule has 0 unspecified atom stereocenters. The van der Waals surface area contributed by atoms with E-state index in [1.807, 2.05) is 42.5 Å². The van der Waals surface area contributed by atoms with Gasteiger partial charge < -0.3 is 19.5 Å². The van der Waals surface area contributed by atoms with E-state index in [0.717, 1.165) is 22.3 Å². The third-order valence-electron chi connectivity index (χ3n) is 3.68. The van der Waals surface area contributed by atoms with Crippen molar-refractivity contribution in [2.24, 2.45) is 0 Å². The van der Waals surface area contributed by atoms with Crippen molar-refractivity contribution in [2.75, 3.05) is 32.8 Å². The van der Waals surface area contributed by atoms with Crippen LogP contribution in [0.15, 0.2) is 48.7 Å². The maximum absolute atomic E-state index is 6.06. The van der Waals surface area contributed by atoms with Gasteiger partial charge in [-0.25, -0.2) is 0 Å². The Bertz CT molecular complexity index is 870. The van der Waals surface area contributed by atoms with Gasteiger partial charge in [0.2, 0.25) is 0 Å². The fraction of sp³-hybridized carbons (Fsp3) is 0.211. The number of benzene rings is 2. The van der Waals surface area contributed by atoms with Gasteiger partial charge in [-0.05, 0) is 30.3 Å². The lowest BCUT2D eigenvalue weighted by atomic mass is 10.1. The van der Waals surface area contributed by atoms with Crippen molar-refractivity contribution in [3.63, 3.8) is 0 Å². The Morgan fingerprint density at radius 2 is 1.92 bits per heavy atom. The lowest BCUT2D eigenvalue weighted by Gasteiger charge is -2.14. The fourth-order valence-electron chi connectivity index (χ4n) is 2.49. The standard InChI is InChI=1S/C19H19ClN2O3/c1-23-8-9-25-19-11-15-16(22-14-5-3-4-13(20)10-14)6-7-21-17(15)12-18(19)24-2/h3-7,10-12H,8-9H2,1-2H3,(H,21,22). The summed E-state index contributed by atoms with van der Waals surface area (Å²) in [4.78, 5) is 4.42. The quantitative estimate of drug-likeness (QED) is 0.622. The number of aromatic nitrogens is 1. The van der Waals surface area contributed by atoms with Gasteiger partial charge in [0.25, 0.3) is 0 Å². The molecule has 0 aliphatic heterocycles. The Balaban J connectivity index is 1.99. The minimum Gasteiger partial charge on any atom is -0.493 e. The molecule has 1 aromatic heterocycles. The van der Waals surface area contributed by atoms with E-state index in [2.05, 4.69) is 10.3 Å². The normalized spacial score (nSPS) is 10.7. The van der Waals surface area contributed by atoms with Crippen LogP contribution in [0.25, 0.3) is 10.9 Å². The van der Waals surface area contributed by atoms with Crippen molar-refractivity contribution in [3.8, 4) is 11.5 Å². The SMILES string of the molecule is COCCOc1cc2c(Nc3cccc(Cl)c3)ccnc2cc1OC. The second kappa shape index (κ2) is 8.05. The summed E-state index contributed by atoms with van der Waals surface area (Å²) < 4.78 is 16.2. The summed E-state index contributed by atoms with van der Waals surface area (Å²) in [6.07, 6.45) is 1.75. The second-order valence-corrected chi connectivity index (χ2v) is 5.79. The smallest absolute Gasteiger partial charge is 0.162 e. The molecule has 0 radical (unpaired) electrons. The third kappa shape index (κ3) is 4.13. The number of nitrogens with zero attached hydrogens (tertiary/aromatic N) is 1. The van der Waals surface area contributed by atoms with E-state index in [1.165, 1.54) is 0 Å². The van der Waals surface area contributed by atoms with Gasteiger partial charge in [0.15, 0.2) is 11.5 Å². The molecule has 0 saturated heterocycles. The zero-order chi connectivity index (χ0) is 17.6. The maximum atomic E-state index is 6.06. The van der Waals surface area contributed by atoms with Crippen LogP contribution in [0.4, 0.5) is 11.4 Å². The van der Waals surface area contributed by atoms with Gasteiger partial charge in [-0.3, -0.25) is 4.98 Å². The monoisotopic (exact) mass is 358 g/mol. The number of anilines is 2. The van der Waals surface area contributed by atoms with Crippen LogP contribution < -0.4 is 14.8 Å². The van der Waals surface area contributed by atoms with E-state index in [9.17, 15) is 0 Å². The molecule has 0 fully saturated rings. The predicted molar refractivity (Wildman–Crippen MR) is 100 cm³/mol. The molecule has 0 saturated carbocycles. The summed E-state index contributed by atoms with van der Waals surface area (Å²) >= 11 is 6.06. The molecule has 3 rings (SSSR count). The van der Waals surface area contributed by atoms with Crippen LogP contribution in [0.2, 0.25) is 5.02 Å². The Labute approximate surface area is 151 Å². The molecule has 0 amide bonds. The Kier molecular flexibility index (Phi) is 5.58. The van der Waals surface area contributed by atoms with E-state index in [-0.39, 0.29) is 0 Å². The van der Waals surface area contributed by atoms with Crippen LogP contribution in [0.1, 0.15) is 0 Å². The number of hydrogen-bond acceptors (Lipinski definition) is 5. The highest BCUT2D eigenvalue weighted by Gasteiger charge is 2.11. The van der Waals surface area contributed by atoms with Crippen molar-refractivity contribution in [1.82, 2.24) is 4.98 Å². The summed E-state index contributed by atoms with van der Waals surface area (Å²) in [5.74, 6) is 1.28. The van der Waals surface area contributed by atoms with Gasteiger partial charge in [0.05, 0.1) is 19.2 Å². The van der Waals surface area contributed by atoms with Crippen LogP contribution in [0.5, 0.6) is 11.5 Å². The van der Waals surface area contributed by atoms with Crippen molar-refractivity contribution >= 4 is 33.9 Å². The Hall–Kier alpha value is -2.50. The first-order valence-corrected chi connectivity index (χ1v) is 8.20. The molecule has 25 heavy (non-hydrogen) atoms. The fourth-order valence-corrected chi connectivity index (χ4v) is 2.68. The van der Waals surface area contributed by atoms with Crippen LogP contribution in [0.3, 0.4) is 0 Å². The number of ether oxygens (including phenoxy) is 3. The van der Waals surface area contributed by atoms with Gasteiger partial charge in [-0.1, -0.05) is 17.7 Å². The second-order valence-electron chi connectivity index (χ2n) is 5.36. The molecule has 0 aliphatic rings. The predicted octanol–water partition coefficient (Wildman–Crippen LogP) is 4.67. The van der Waals surface area contributed by atoms with Gasteiger partial charge in [-0.15, -0.1) is 0 Å². The van der Waals surface area contributed by atoms with Crippen molar-refractivity contribution < 1.29 is 14.2 Å². The zero-order valence-corrected chi connectivity index (χ0v) is 14.8. The Morgan fingerprint density at radius 3 is 2.68 bits per heavy atom. The van der Waals surface area contributed by atoms with Crippen LogP contribution in [-0.2, 0) is 4.74 Å². The minimum atomic E-state index is 0.440. The van der Waals surface area contributed by atoms with E-state index in [1.54, 1.807) is 20.4 Å². The van der Waals surface area contributed by atoms with E-state index >= 15 is 0 Å². The highest BCUT2D eigenvalue weighted by molar-refractivity contribution is 6.30. The molecule has 0 atom stereocenters. The maximum Gasteiger partial charge on any atom is 0.162 e. The summed E-state index contributed by atoms with van der Waals surface area (Å²) in [6, 6.07) is 13.3. The number of rotatable bonds is 7. The number of methoxy groups -OCH3 is 2. The summed E-state index contributed by atoms with van der Waals surface area (Å²) in [6.45, 7) is 0.942. The van der Waals surface area contributed by atoms with Crippen molar-refractivity contribution in [2.45, 2.75) is 0 Å². The first kappa shape index (κ1) is 17.3. The van der Waals surface area contributed by atoms with Crippen molar-refractivity contribution in [1.29, 1.82) is 0 Å². The summed E-state index contributed by atoms with van der Waals surface area (Å²) in [5, 5.41) is 4.98. The Morgan fingerprint density at radius 1 is 1.04 bits per heavy atom. The lowest BCUT2D eigenvalue weighted by molar-refractivity contribution is 0.144. The molecular formula is C19H19ClN2O3. The van der Waals surface area contributed by atoms with Crippen LogP contribution in [-0.4, -0.2) is 32.4 Å². The van der Waals surface area contributed by atoms with E-state index in [4.69, 9.17) is 25.8 Å². The number of nitrogens with one attached hydrogen (secondary N) is 1. The molecule has 5 nitrogen and oxygen atoms in total. The minimum absolute atomic E-state index is 0.440. The van der Waals surface area contributed by atoms with Crippen LogP contribution in [0, 0.1) is 0 Å². The highest BCUT2D eigenvalue weighted by atomic mass is 35.5. The molecule has 6 heteroatoms. The van der Waals surface area contributed by atoms with Gasteiger partial charge >= 0.3 is 0 Å². The largest absolute Gasteiger partial charge is 0.493 e. The number of fused-ring (bicyclic) bond motifs is 1. The molecule has 0 spiro atoms. The number of pyridine rings is 1. The summed E-state index contributed by atoms with van der Waals surface area (Å²) in [7, 11) is 3.25. The molecular weight excluding hydrogens is 340 g/mol. The number of halogens is 1. The lowest BCUT2D eigenvalue weighted by Crippen LogP contribution is -2.05. The first-order chi connectivity index (χ1) is 12.2. The van der Waals surface area contributed by atoms with Gasteiger partial charge in [-0.2, -0.15) is 0 Å². The molecule has 0 aliphatic carbocycles. The van der Waals surface area contributed by atoms with E-state index < -0.39 is 0 Å². The highest BCUT2D eigenvalue weighted by Crippen LogP contribution is 2.35. The van der Waals surface area contributed by atoms with Gasteiger partial charge in [0.1, 0.15) is 6.61 Å². The summed E-state index contributed by atoms with van der Waals surface area (Å²) in [5.41, 5.74) is 2.62. The average Bonchev–Trinajstić information content (AvgIpc) is 2.62. The molecule has 0 bridgehead atoms. The average molecular weight is 359 g/mol. The molecule has 2 aromatic carbocycles.